The molecule has 1 fully saturated rings. The first-order valence-electron chi connectivity index (χ1n) is 8.45. The average Bonchev–Trinajstić information content (AvgIpc) is 3.17. The summed E-state index contributed by atoms with van der Waals surface area (Å²) in [5.74, 6) is -0.517. The van der Waals surface area contributed by atoms with E-state index in [0.29, 0.717) is 36.6 Å². The molecular weight excluding hydrogens is 334 g/mol. The number of ether oxygens (including phenoxy) is 2. The van der Waals surface area contributed by atoms with Crippen LogP contribution in [-0.2, 0) is 11.4 Å². The zero-order chi connectivity index (χ0) is 18.5. The van der Waals surface area contributed by atoms with Gasteiger partial charge in [-0.15, -0.1) is 0 Å². The molecule has 1 atom stereocenters. The Hall–Kier alpha value is -3.02. The van der Waals surface area contributed by atoms with E-state index in [2.05, 4.69) is 0 Å². The zero-order valence-corrected chi connectivity index (χ0v) is 14.6. The summed E-state index contributed by atoms with van der Waals surface area (Å²) >= 11 is 0. The number of carbonyl (C=O) groups is 2. The third-order valence-corrected chi connectivity index (χ3v) is 4.47. The van der Waals surface area contributed by atoms with Crippen LogP contribution in [0.25, 0.3) is 0 Å². The fourth-order valence-corrected chi connectivity index (χ4v) is 2.98. The molecule has 136 valence electrons. The Morgan fingerprint density at radius 3 is 2.58 bits per heavy atom. The van der Waals surface area contributed by atoms with Crippen LogP contribution in [0.2, 0.25) is 0 Å². The molecule has 1 aliphatic heterocycles. The molecule has 1 heterocycles. The molecule has 0 saturated carbocycles. The lowest BCUT2D eigenvalue weighted by atomic mass is 10.1. The Morgan fingerprint density at radius 1 is 1.15 bits per heavy atom. The first-order chi connectivity index (χ1) is 12.6. The second kappa shape index (κ2) is 7.91. The smallest absolute Gasteiger partial charge is 0.308 e. The number of carboxylic acids is 1. The van der Waals surface area contributed by atoms with Crippen molar-refractivity contribution in [1.82, 2.24) is 4.90 Å². The number of carboxylic acid groups (broad SMARTS) is 1. The SMILES string of the molecule is COc1cc(C(=O)N2CC[C@H](C(=O)O)C2)ccc1OCc1ccccc1. The molecule has 1 aliphatic rings. The van der Waals surface area contributed by atoms with Gasteiger partial charge in [-0.05, 0) is 30.2 Å². The molecule has 1 N–H and O–H groups in total. The Labute approximate surface area is 152 Å². The number of rotatable bonds is 6. The standard InChI is InChI=1S/C20H21NO5/c1-25-18-11-15(19(22)21-10-9-16(12-21)20(23)24)7-8-17(18)26-13-14-5-3-2-4-6-14/h2-8,11,16H,9-10,12-13H2,1H3,(H,23,24)/t16-/m0/s1. The van der Waals surface area contributed by atoms with E-state index in [0.717, 1.165) is 5.56 Å². The molecule has 0 unspecified atom stereocenters. The predicted molar refractivity (Wildman–Crippen MR) is 95.4 cm³/mol. The van der Waals surface area contributed by atoms with Crippen LogP contribution in [0.15, 0.2) is 48.5 Å². The minimum absolute atomic E-state index is 0.193. The molecular formula is C20H21NO5. The molecule has 1 saturated heterocycles. The van der Waals surface area contributed by atoms with E-state index in [4.69, 9.17) is 14.6 Å². The highest BCUT2D eigenvalue weighted by atomic mass is 16.5. The van der Waals surface area contributed by atoms with Crippen molar-refractivity contribution in [3.8, 4) is 11.5 Å². The number of amides is 1. The van der Waals surface area contributed by atoms with Gasteiger partial charge in [-0.2, -0.15) is 0 Å². The van der Waals surface area contributed by atoms with E-state index in [9.17, 15) is 9.59 Å². The Kier molecular flexibility index (Phi) is 5.41. The quantitative estimate of drug-likeness (QED) is 0.862. The first kappa shape index (κ1) is 17.8. The maximum Gasteiger partial charge on any atom is 0.308 e. The molecule has 26 heavy (non-hydrogen) atoms. The maximum atomic E-state index is 12.6. The topological polar surface area (TPSA) is 76.1 Å². The van der Waals surface area contributed by atoms with Gasteiger partial charge in [0, 0.05) is 18.7 Å². The van der Waals surface area contributed by atoms with Crippen LogP contribution in [0.5, 0.6) is 11.5 Å². The van der Waals surface area contributed by atoms with Gasteiger partial charge in [0.25, 0.3) is 5.91 Å². The molecule has 0 spiro atoms. The third kappa shape index (κ3) is 3.96. The van der Waals surface area contributed by atoms with E-state index >= 15 is 0 Å². The summed E-state index contributed by atoms with van der Waals surface area (Å²) < 4.78 is 11.2. The van der Waals surface area contributed by atoms with Crippen LogP contribution < -0.4 is 9.47 Å². The van der Waals surface area contributed by atoms with Gasteiger partial charge in [-0.25, -0.2) is 0 Å². The van der Waals surface area contributed by atoms with Crippen LogP contribution in [0.3, 0.4) is 0 Å². The normalized spacial score (nSPS) is 16.3. The zero-order valence-electron chi connectivity index (χ0n) is 14.6. The Balaban J connectivity index is 1.70. The lowest BCUT2D eigenvalue weighted by Crippen LogP contribution is -2.29. The maximum absolute atomic E-state index is 12.6. The monoisotopic (exact) mass is 355 g/mol. The fraction of sp³-hybridized carbons (Fsp3) is 0.300. The van der Waals surface area contributed by atoms with Crippen molar-refractivity contribution in [3.05, 3.63) is 59.7 Å². The number of nitrogens with zero attached hydrogens (tertiary/aromatic N) is 1. The van der Waals surface area contributed by atoms with Gasteiger partial charge in [0.1, 0.15) is 6.61 Å². The summed E-state index contributed by atoms with van der Waals surface area (Å²) in [5, 5.41) is 9.08. The lowest BCUT2D eigenvalue weighted by molar-refractivity contribution is -0.141. The van der Waals surface area contributed by atoms with E-state index in [1.54, 1.807) is 23.1 Å². The second-order valence-electron chi connectivity index (χ2n) is 6.21. The number of aliphatic carboxylic acids is 1. The highest BCUT2D eigenvalue weighted by molar-refractivity contribution is 5.95. The van der Waals surface area contributed by atoms with Crippen molar-refractivity contribution in [2.45, 2.75) is 13.0 Å². The first-order valence-corrected chi connectivity index (χ1v) is 8.45. The van der Waals surface area contributed by atoms with Gasteiger partial charge in [-0.1, -0.05) is 30.3 Å². The highest BCUT2D eigenvalue weighted by Crippen LogP contribution is 2.30. The molecule has 6 heteroatoms. The molecule has 0 radical (unpaired) electrons. The summed E-state index contributed by atoms with van der Waals surface area (Å²) in [6.07, 6.45) is 0.483. The molecule has 2 aromatic carbocycles. The van der Waals surface area contributed by atoms with Crippen molar-refractivity contribution >= 4 is 11.9 Å². The van der Waals surface area contributed by atoms with Gasteiger partial charge < -0.3 is 19.5 Å². The van der Waals surface area contributed by atoms with Crippen molar-refractivity contribution in [2.75, 3.05) is 20.2 Å². The highest BCUT2D eigenvalue weighted by Gasteiger charge is 2.31. The summed E-state index contributed by atoms with van der Waals surface area (Å²) in [6, 6.07) is 14.8. The average molecular weight is 355 g/mol. The summed E-state index contributed by atoms with van der Waals surface area (Å²) in [7, 11) is 1.52. The van der Waals surface area contributed by atoms with Crippen LogP contribution >= 0.6 is 0 Å². The third-order valence-electron chi connectivity index (χ3n) is 4.47. The molecule has 0 aliphatic carbocycles. The van der Waals surface area contributed by atoms with Crippen molar-refractivity contribution in [3.63, 3.8) is 0 Å². The largest absolute Gasteiger partial charge is 0.493 e. The van der Waals surface area contributed by atoms with Crippen molar-refractivity contribution in [2.24, 2.45) is 5.92 Å². The van der Waals surface area contributed by atoms with Crippen LogP contribution in [0.4, 0.5) is 0 Å². The minimum Gasteiger partial charge on any atom is -0.493 e. The van der Waals surface area contributed by atoms with Gasteiger partial charge in [0.2, 0.25) is 0 Å². The fourth-order valence-electron chi connectivity index (χ4n) is 2.98. The van der Waals surface area contributed by atoms with E-state index < -0.39 is 11.9 Å². The van der Waals surface area contributed by atoms with E-state index in [1.807, 2.05) is 30.3 Å². The number of hydrogen-bond acceptors (Lipinski definition) is 4. The number of hydrogen-bond donors (Lipinski definition) is 1. The van der Waals surface area contributed by atoms with Crippen molar-refractivity contribution in [1.29, 1.82) is 0 Å². The van der Waals surface area contributed by atoms with Gasteiger partial charge in [0.05, 0.1) is 13.0 Å². The molecule has 1 amide bonds. The van der Waals surface area contributed by atoms with Crippen LogP contribution in [-0.4, -0.2) is 42.1 Å². The van der Waals surface area contributed by atoms with Gasteiger partial charge in [-0.3, -0.25) is 9.59 Å². The van der Waals surface area contributed by atoms with Crippen molar-refractivity contribution < 1.29 is 24.2 Å². The van der Waals surface area contributed by atoms with Crippen LogP contribution in [0, 0.1) is 5.92 Å². The Morgan fingerprint density at radius 2 is 1.92 bits per heavy atom. The molecule has 0 bridgehead atoms. The summed E-state index contributed by atoms with van der Waals surface area (Å²) in [5.41, 5.74) is 1.49. The molecule has 2 aromatic rings. The second-order valence-corrected chi connectivity index (χ2v) is 6.21. The van der Waals surface area contributed by atoms with Crippen LogP contribution in [0.1, 0.15) is 22.3 Å². The Bertz CT molecular complexity index is 790. The lowest BCUT2D eigenvalue weighted by Gasteiger charge is -2.17. The minimum atomic E-state index is -0.859. The molecule has 0 aromatic heterocycles. The van der Waals surface area contributed by atoms with E-state index in [1.165, 1.54) is 7.11 Å². The number of benzene rings is 2. The molecule has 6 nitrogen and oxygen atoms in total. The van der Waals surface area contributed by atoms with Gasteiger partial charge >= 0.3 is 5.97 Å². The summed E-state index contributed by atoms with van der Waals surface area (Å²) in [4.78, 5) is 25.2. The van der Waals surface area contributed by atoms with E-state index in [-0.39, 0.29) is 12.5 Å². The number of carbonyl (C=O) groups excluding carboxylic acids is 1. The van der Waals surface area contributed by atoms with Gasteiger partial charge in [0.15, 0.2) is 11.5 Å². The number of likely N-dealkylation sites (tertiary alicyclic amines) is 1. The predicted octanol–water partition coefficient (Wildman–Crippen LogP) is 2.82. The molecule has 3 rings (SSSR count). The number of methoxy groups -OCH3 is 1. The summed E-state index contributed by atoms with van der Waals surface area (Å²) in [6.45, 7) is 1.09.